The molecule has 0 spiro atoms. The van der Waals surface area contributed by atoms with E-state index < -0.39 is 0 Å². The highest BCUT2D eigenvalue weighted by Crippen LogP contribution is 2.16. The first kappa shape index (κ1) is 10.9. The highest BCUT2D eigenvalue weighted by atomic mass is 32.2. The van der Waals surface area contributed by atoms with Gasteiger partial charge in [-0.15, -0.1) is 11.8 Å². The number of amides is 1. The quantitative estimate of drug-likeness (QED) is 0.711. The van der Waals surface area contributed by atoms with Gasteiger partial charge in [0.25, 0.3) is 0 Å². The first-order valence-corrected chi connectivity index (χ1v) is 5.80. The van der Waals surface area contributed by atoms with Crippen LogP contribution in [0.2, 0.25) is 0 Å². The Morgan fingerprint density at radius 3 is 2.85 bits per heavy atom. The summed E-state index contributed by atoms with van der Waals surface area (Å²) in [7, 11) is 0. The second kappa shape index (κ2) is 4.86. The van der Waals surface area contributed by atoms with Crippen molar-refractivity contribution in [3.8, 4) is 0 Å². The second-order valence-corrected chi connectivity index (χ2v) is 5.11. The Bertz CT molecular complexity index is 184. The molecule has 0 aromatic carbocycles. The van der Waals surface area contributed by atoms with Crippen LogP contribution in [0.1, 0.15) is 20.8 Å². The van der Waals surface area contributed by atoms with Crippen LogP contribution >= 0.6 is 11.8 Å². The minimum absolute atomic E-state index is 0.0893. The maximum atomic E-state index is 11.2. The molecule has 0 saturated carbocycles. The van der Waals surface area contributed by atoms with Crippen LogP contribution in [-0.4, -0.2) is 29.6 Å². The van der Waals surface area contributed by atoms with Gasteiger partial charge in [0.2, 0.25) is 5.91 Å². The van der Waals surface area contributed by atoms with Gasteiger partial charge in [-0.25, -0.2) is 0 Å². The monoisotopic (exact) mass is 202 g/mol. The van der Waals surface area contributed by atoms with E-state index >= 15 is 0 Å². The minimum atomic E-state index is 0.0893. The zero-order valence-electron chi connectivity index (χ0n) is 8.46. The first-order chi connectivity index (χ1) is 6.09. The molecule has 76 valence electrons. The summed E-state index contributed by atoms with van der Waals surface area (Å²) in [6.07, 6.45) is 0. The van der Waals surface area contributed by atoms with Crippen LogP contribution in [0.4, 0.5) is 0 Å². The van der Waals surface area contributed by atoms with Crippen molar-refractivity contribution in [2.45, 2.75) is 32.2 Å². The van der Waals surface area contributed by atoms with E-state index in [0.29, 0.717) is 11.4 Å². The predicted octanol–water partition coefficient (Wildman–Crippen LogP) is 0.810. The molecule has 1 fully saturated rings. The third-order valence-electron chi connectivity index (χ3n) is 2.06. The molecule has 1 amide bonds. The highest BCUT2D eigenvalue weighted by molar-refractivity contribution is 8.00. The fraction of sp³-hybridized carbons (Fsp3) is 0.889. The molecule has 1 aliphatic heterocycles. The van der Waals surface area contributed by atoms with Crippen molar-refractivity contribution in [3.05, 3.63) is 0 Å². The molecule has 0 aromatic heterocycles. The molecule has 4 heteroatoms. The standard InChI is InChI=1S/C9H18N2OS/c1-6(2)9(12)10-4-8-5-13-7(3)11-8/h6-8,11H,4-5H2,1-3H3,(H,10,12). The van der Waals surface area contributed by atoms with Gasteiger partial charge in [0.1, 0.15) is 0 Å². The lowest BCUT2D eigenvalue weighted by atomic mass is 10.2. The van der Waals surface area contributed by atoms with Gasteiger partial charge in [-0.2, -0.15) is 0 Å². The molecular formula is C9H18N2OS. The van der Waals surface area contributed by atoms with Crippen LogP contribution in [-0.2, 0) is 4.79 Å². The Balaban J connectivity index is 2.16. The van der Waals surface area contributed by atoms with Gasteiger partial charge in [0.05, 0.1) is 5.37 Å². The third kappa shape index (κ3) is 3.56. The predicted molar refractivity (Wildman–Crippen MR) is 56.7 cm³/mol. The van der Waals surface area contributed by atoms with Crippen molar-refractivity contribution < 1.29 is 4.79 Å². The Morgan fingerprint density at radius 2 is 2.38 bits per heavy atom. The molecule has 1 aliphatic rings. The summed E-state index contributed by atoms with van der Waals surface area (Å²) >= 11 is 1.90. The van der Waals surface area contributed by atoms with Crippen molar-refractivity contribution >= 4 is 17.7 Å². The number of nitrogens with one attached hydrogen (secondary N) is 2. The van der Waals surface area contributed by atoms with E-state index in [-0.39, 0.29) is 11.8 Å². The number of rotatable bonds is 3. The van der Waals surface area contributed by atoms with Crippen LogP contribution in [0.15, 0.2) is 0 Å². The number of carbonyl (C=O) groups excluding carboxylic acids is 1. The van der Waals surface area contributed by atoms with Gasteiger partial charge in [0, 0.05) is 24.3 Å². The van der Waals surface area contributed by atoms with Crippen LogP contribution in [0, 0.1) is 5.92 Å². The molecule has 13 heavy (non-hydrogen) atoms. The van der Waals surface area contributed by atoms with E-state index in [0.717, 1.165) is 12.3 Å². The van der Waals surface area contributed by atoms with Crippen molar-refractivity contribution in [1.29, 1.82) is 0 Å². The van der Waals surface area contributed by atoms with E-state index in [1.807, 2.05) is 25.6 Å². The lowest BCUT2D eigenvalue weighted by Gasteiger charge is -2.13. The second-order valence-electron chi connectivity index (χ2n) is 3.74. The van der Waals surface area contributed by atoms with Gasteiger partial charge in [-0.3, -0.25) is 4.79 Å². The molecule has 3 nitrogen and oxygen atoms in total. The third-order valence-corrected chi connectivity index (χ3v) is 3.30. The minimum Gasteiger partial charge on any atom is -0.354 e. The smallest absolute Gasteiger partial charge is 0.222 e. The lowest BCUT2D eigenvalue weighted by Crippen LogP contribution is -2.41. The van der Waals surface area contributed by atoms with Crippen molar-refractivity contribution in [1.82, 2.24) is 10.6 Å². The number of hydrogen-bond acceptors (Lipinski definition) is 3. The van der Waals surface area contributed by atoms with E-state index in [1.54, 1.807) is 0 Å². The van der Waals surface area contributed by atoms with Crippen molar-refractivity contribution in [2.75, 3.05) is 12.3 Å². The number of hydrogen-bond donors (Lipinski definition) is 2. The summed E-state index contributed by atoms with van der Waals surface area (Å²) in [6, 6.07) is 0.447. The number of carbonyl (C=O) groups is 1. The van der Waals surface area contributed by atoms with E-state index in [2.05, 4.69) is 17.6 Å². The Labute approximate surface area is 84.0 Å². The van der Waals surface area contributed by atoms with E-state index in [4.69, 9.17) is 0 Å². The molecule has 2 N–H and O–H groups in total. The zero-order chi connectivity index (χ0) is 9.84. The van der Waals surface area contributed by atoms with Crippen LogP contribution < -0.4 is 10.6 Å². The van der Waals surface area contributed by atoms with Crippen molar-refractivity contribution in [3.63, 3.8) is 0 Å². The molecule has 0 radical (unpaired) electrons. The van der Waals surface area contributed by atoms with Gasteiger partial charge >= 0.3 is 0 Å². The summed E-state index contributed by atoms with van der Waals surface area (Å²) in [5.74, 6) is 1.33. The maximum absolute atomic E-state index is 11.2. The topological polar surface area (TPSA) is 41.1 Å². The molecular weight excluding hydrogens is 184 g/mol. The van der Waals surface area contributed by atoms with Crippen LogP contribution in [0.5, 0.6) is 0 Å². The lowest BCUT2D eigenvalue weighted by molar-refractivity contribution is -0.124. The zero-order valence-corrected chi connectivity index (χ0v) is 9.28. The fourth-order valence-electron chi connectivity index (χ4n) is 1.23. The summed E-state index contributed by atoms with van der Waals surface area (Å²) in [4.78, 5) is 11.2. The molecule has 2 unspecified atom stereocenters. The molecule has 0 aromatic rings. The normalized spacial score (nSPS) is 28.0. The first-order valence-electron chi connectivity index (χ1n) is 4.75. The summed E-state index contributed by atoms with van der Waals surface area (Å²) in [6.45, 7) is 6.73. The van der Waals surface area contributed by atoms with E-state index in [1.165, 1.54) is 0 Å². The Hall–Kier alpha value is -0.220. The average molecular weight is 202 g/mol. The van der Waals surface area contributed by atoms with Gasteiger partial charge in [-0.1, -0.05) is 13.8 Å². The Kier molecular flexibility index (Phi) is 4.06. The molecule has 1 heterocycles. The summed E-state index contributed by atoms with van der Waals surface area (Å²) in [5.41, 5.74) is 0. The molecule has 1 rings (SSSR count). The summed E-state index contributed by atoms with van der Waals surface area (Å²) < 4.78 is 0. The maximum Gasteiger partial charge on any atom is 0.222 e. The molecule has 0 aliphatic carbocycles. The molecule has 1 saturated heterocycles. The van der Waals surface area contributed by atoms with Gasteiger partial charge in [0.15, 0.2) is 0 Å². The fourth-order valence-corrected chi connectivity index (χ4v) is 2.26. The summed E-state index contributed by atoms with van der Waals surface area (Å²) in [5, 5.41) is 6.85. The van der Waals surface area contributed by atoms with E-state index in [9.17, 15) is 4.79 Å². The van der Waals surface area contributed by atoms with Crippen LogP contribution in [0.25, 0.3) is 0 Å². The van der Waals surface area contributed by atoms with Crippen molar-refractivity contribution in [2.24, 2.45) is 5.92 Å². The molecule has 2 atom stereocenters. The largest absolute Gasteiger partial charge is 0.354 e. The molecule has 0 bridgehead atoms. The van der Waals surface area contributed by atoms with Crippen LogP contribution in [0.3, 0.4) is 0 Å². The highest BCUT2D eigenvalue weighted by Gasteiger charge is 2.21. The Morgan fingerprint density at radius 1 is 1.69 bits per heavy atom. The van der Waals surface area contributed by atoms with Gasteiger partial charge in [-0.05, 0) is 6.92 Å². The van der Waals surface area contributed by atoms with Gasteiger partial charge < -0.3 is 10.6 Å². The number of thioether (sulfide) groups is 1. The SMILES string of the molecule is CC1NC(CNC(=O)C(C)C)CS1. The average Bonchev–Trinajstić information content (AvgIpc) is 2.47.